The fourth-order valence-corrected chi connectivity index (χ4v) is 2.43. The van der Waals surface area contributed by atoms with E-state index in [0.717, 1.165) is 32.5 Å². The Morgan fingerprint density at radius 3 is 2.38 bits per heavy atom. The first-order chi connectivity index (χ1) is 10.1. The highest BCUT2D eigenvalue weighted by Gasteiger charge is 2.22. The van der Waals surface area contributed by atoms with Crippen LogP contribution < -0.4 is 5.73 Å². The molecule has 0 heterocycles. The Kier molecular flexibility index (Phi) is 8.01. The normalized spacial score (nSPS) is 12.4. The van der Waals surface area contributed by atoms with Crippen molar-refractivity contribution < 1.29 is 4.79 Å². The maximum absolute atomic E-state index is 12.6. The van der Waals surface area contributed by atoms with Crippen LogP contribution in [0.3, 0.4) is 0 Å². The molecule has 1 rings (SSSR count). The number of carbonyl (C=O) groups is 1. The number of nitrogens with two attached hydrogens (primary N) is 1. The second kappa shape index (κ2) is 9.53. The Morgan fingerprint density at radius 2 is 1.86 bits per heavy atom. The van der Waals surface area contributed by atoms with Crippen molar-refractivity contribution in [2.75, 3.05) is 40.3 Å². The zero-order valence-corrected chi connectivity index (χ0v) is 13.6. The van der Waals surface area contributed by atoms with Crippen LogP contribution in [0.25, 0.3) is 0 Å². The molecule has 0 radical (unpaired) electrons. The minimum atomic E-state index is -0.119. The van der Waals surface area contributed by atoms with Gasteiger partial charge in [0, 0.05) is 19.6 Å². The van der Waals surface area contributed by atoms with Crippen LogP contribution in [-0.4, -0.2) is 56.0 Å². The van der Waals surface area contributed by atoms with Gasteiger partial charge in [0.15, 0.2) is 0 Å². The van der Waals surface area contributed by atoms with E-state index in [9.17, 15) is 4.79 Å². The predicted molar refractivity (Wildman–Crippen MR) is 88.1 cm³/mol. The van der Waals surface area contributed by atoms with Crippen molar-refractivity contribution in [2.24, 2.45) is 11.7 Å². The van der Waals surface area contributed by atoms with Gasteiger partial charge >= 0.3 is 0 Å². The zero-order valence-electron chi connectivity index (χ0n) is 13.6. The van der Waals surface area contributed by atoms with Gasteiger partial charge in [0.25, 0.3) is 0 Å². The molecule has 1 amide bonds. The van der Waals surface area contributed by atoms with Crippen LogP contribution in [0.2, 0.25) is 0 Å². The molecule has 21 heavy (non-hydrogen) atoms. The summed E-state index contributed by atoms with van der Waals surface area (Å²) in [6, 6.07) is 10.1. The number of hydrogen-bond donors (Lipinski definition) is 1. The topological polar surface area (TPSA) is 49.6 Å². The molecule has 0 saturated heterocycles. The van der Waals surface area contributed by atoms with Gasteiger partial charge < -0.3 is 15.5 Å². The van der Waals surface area contributed by atoms with Gasteiger partial charge in [-0.1, -0.05) is 30.3 Å². The van der Waals surface area contributed by atoms with E-state index in [4.69, 9.17) is 5.73 Å². The summed E-state index contributed by atoms with van der Waals surface area (Å²) in [6.45, 7) is 4.98. The molecule has 0 bridgehead atoms. The SMILES string of the molecule is CCN(CCCN(C)C)C(=O)C(CN)Cc1ccccc1. The maximum Gasteiger partial charge on any atom is 0.227 e. The molecule has 0 aliphatic rings. The van der Waals surface area contributed by atoms with E-state index < -0.39 is 0 Å². The standard InChI is InChI=1S/C17H29N3O/c1-4-20(12-8-11-19(2)3)17(21)16(14-18)13-15-9-6-5-7-10-15/h5-7,9-10,16H,4,8,11-14,18H2,1-3H3. The molecule has 1 atom stereocenters. The summed E-state index contributed by atoms with van der Waals surface area (Å²) < 4.78 is 0. The van der Waals surface area contributed by atoms with E-state index in [1.807, 2.05) is 30.0 Å². The number of benzene rings is 1. The second-order valence-corrected chi connectivity index (χ2v) is 5.70. The van der Waals surface area contributed by atoms with Crippen LogP contribution in [0.15, 0.2) is 30.3 Å². The van der Waals surface area contributed by atoms with Crippen LogP contribution in [-0.2, 0) is 11.2 Å². The van der Waals surface area contributed by atoms with Crippen molar-refractivity contribution in [2.45, 2.75) is 19.8 Å². The van der Waals surface area contributed by atoms with Gasteiger partial charge in [0.2, 0.25) is 5.91 Å². The Hall–Kier alpha value is -1.39. The molecule has 0 spiro atoms. The third kappa shape index (κ3) is 6.27. The molecular weight excluding hydrogens is 262 g/mol. The molecule has 2 N–H and O–H groups in total. The predicted octanol–water partition coefficient (Wildman–Crippen LogP) is 1.60. The highest BCUT2D eigenvalue weighted by Crippen LogP contribution is 2.11. The Labute approximate surface area is 128 Å². The van der Waals surface area contributed by atoms with E-state index in [2.05, 4.69) is 31.1 Å². The quantitative estimate of drug-likeness (QED) is 0.752. The van der Waals surface area contributed by atoms with Crippen molar-refractivity contribution in [3.8, 4) is 0 Å². The number of carbonyl (C=O) groups excluding carboxylic acids is 1. The summed E-state index contributed by atoms with van der Waals surface area (Å²) in [5.41, 5.74) is 7.01. The van der Waals surface area contributed by atoms with Gasteiger partial charge in [-0.15, -0.1) is 0 Å². The summed E-state index contributed by atoms with van der Waals surface area (Å²) in [5, 5.41) is 0. The molecule has 0 aromatic heterocycles. The summed E-state index contributed by atoms with van der Waals surface area (Å²) >= 11 is 0. The van der Waals surface area contributed by atoms with Crippen LogP contribution in [0.5, 0.6) is 0 Å². The Balaban J connectivity index is 2.58. The molecule has 1 unspecified atom stereocenters. The molecule has 0 saturated carbocycles. The highest BCUT2D eigenvalue weighted by atomic mass is 16.2. The van der Waals surface area contributed by atoms with Crippen LogP contribution >= 0.6 is 0 Å². The second-order valence-electron chi connectivity index (χ2n) is 5.70. The molecule has 0 aliphatic carbocycles. The lowest BCUT2D eigenvalue weighted by molar-refractivity contribution is -0.135. The van der Waals surface area contributed by atoms with Crippen LogP contribution in [0, 0.1) is 5.92 Å². The summed E-state index contributed by atoms with van der Waals surface area (Å²) in [4.78, 5) is 16.7. The van der Waals surface area contributed by atoms with Gasteiger partial charge in [-0.3, -0.25) is 4.79 Å². The number of nitrogens with zero attached hydrogens (tertiary/aromatic N) is 2. The largest absolute Gasteiger partial charge is 0.343 e. The lowest BCUT2D eigenvalue weighted by Gasteiger charge is -2.26. The summed E-state index contributed by atoms with van der Waals surface area (Å²) in [6.07, 6.45) is 1.72. The van der Waals surface area contributed by atoms with E-state index in [1.165, 1.54) is 5.56 Å². The van der Waals surface area contributed by atoms with Crippen molar-refractivity contribution in [3.63, 3.8) is 0 Å². The van der Waals surface area contributed by atoms with Crippen LogP contribution in [0.4, 0.5) is 0 Å². The highest BCUT2D eigenvalue weighted by molar-refractivity contribution is 5.79. The fraction of sp³-hybridized carbons (Fsp3) is 0.588. The fourth-order valence-electron chi connectivity index (χ4n) is 2.43. The van der Waals surface area contributed by atoms with Crippen molar-refractivity contribution in [1.29, 1.82) is 0 Å². The number of rotatable bonds is 9. The van der Waals surface area contributed by atoms with Crippen LogP contribution in [0.1, 0.15) is 18.9 Å². The monoisotopic (exact) mass is 291 g/mol. The molecule has 1 aromatic rings. The molecule has 1 aromatic carbocycles. The van der Waals surface area contributed by atoms with Crippen molar-refractivity contribution in [1.82, 2.24) is 9.80 Å². The minimum absolute atomic E-state index is 0.119. The summed E-state index contributed by atoms with van der Waals surface area (Å²) in [5.74, 6) is 0.0642. The van der Waals surface area contributed by atoms with E-state index in [-0.39, 0.29) is 11.8 Å². The lowest BCUT2D eigenvalue weighted by Crippen LogP contribution is -2.41. The first-order valence-electron chi connectivity index (χ1n) is 7.76. The maximum atomic E-state index is 12.6. The third-order valence-corrected chi connectivity index (χ3v) is 3.69. The molecular formula is C17H29N3O. The average Bonchev–Trinajstić information content (AvgIpc) is 2.49. The van der Waals surface area contributed by atoms with Gasteiger partial charge in [0.1, 0.15) is 0 Å². The molecule has 0 fully saturated rings. The van der Waals surface area contributed by atoms with Gasteiger partial charge in [0.05, 0.1) is 5.92 Å². The first-order valence-corrected chi connectivity index (χ1v) is 7.76. The zero-order chi connectivity index (χ0) is 15.7. The summed E-state index contributed by atoms with van der Waals surface area (Å²) in [7, 11) is 4.10. The van der Waals surface area contributed by atoms with Crippen molar-refractivity contribution in [3.05, 3.63) is 35.9 Å². The Bertz CT molecular complexity index is 406. The first kappa shape index (κ1) is 17.7. The van der Waals surface area contributed by atoms with E-state index in [0.29, 0.717) is 6.54 Å². The molecule has 0 aliphatic heterocycles. The molecule has 118 valence electrons. The van der Waals surface area contributed by atoms with E-state index in [1.54, 1.807) is 0 Å². The molecule has 4 heteroatoms. The lowest BCUT2D eigenvalue weighted by atomic mass is 9.98. The smallest absolute Gasteiger partial charge is 0.227 e. The van der Waals surface area contributed by atoms with Gasteiger partial charge in [-0.05, 0) is 46.0 Å². The van der Waals surface area contributed by atoms with E-state index >= 15 is 0 Å². The van der Waals surface area contributed by atoms with Crippen molar-refractivity contribution >= 4 is 5.91 Å². The van der Waals surface area contributed by atoms with Gasteiger partial charge in [-0.25, -0.2) is 0 Å². The Morgan fingerprint density at radius 1 is 1.19 bits per heavy atom. The number of amides is 1. The average molecular weight is 291 g/mol. The minimum Gasteiger partial charge on any atom is -0.343 e. The van der Waals surface area contributed by atoms with Gasteiger partial charge in [-0.2, -0.15) is 0 Å². The number of hydrogen-bond acceptors (Lipinski definition) is 3. The third-order valence-electron chi connectivity index (χ3n) is 3.69. The molecule has 4 nitrogen and oxygen atoms in total.